The average molecular weight is 371 g/mol. The lowest BCUT2D eigenvalue weighted by atomic mass is 10.1. The number of carbonyl (C=O) groups excluding carboxylic acids is 1. The highest BCUT2D eigenvalue weighted by molar-refractivity contribution is 5.95. The molecule has 1 heterocycles. The normalized spacial score (nSPS) is 11.1. The SMILES string of the molecule is O=C(NCc1cccc(C(F)(F)F)c1)c1cccc(Nc2ccccn2)c1. The van der Waals surface area contributed by atoms with Gasteiger partial charge in [0.1, 0.15) is 5.82 Å². The average Bonchev–Trinajstić information content (AvgIpc) is 2.67. The van der Waals surface area contributed by atoms with E-state index >= 15 is 0 Å². The van der Waals surface area contributed by atoms with Crippen LogP contribution in [0.15, 0.2) is 72.9 Å². The van der Waals surface area contributed by atoms with Gasteiger partial charge < -0.3 is 10.6 Å². The van der Waals surface area contributed by atoms with Crippen LogP contribution in [0.25, 0.3) is 0 Å². The summed E-state index contributed by atoms with van der Waals surface area (Å²) in [5.74, 6) is 0.260. The predicted octanol–water partition coefficient (Wildman–Crippen LogP) is 4.77. The lowest BCUT2D eigenvalue weighted by Gasteiger charge is -2.10. The Hall–Kier alpha value is -3.35. The molecule has 2 N–H and O–H groups in total. The molecule has 4 nitrogen and oxygen atoms in total. The molecule has 0 saturated heterocycles. The molecule has 1 amide bonds. The van der Waals surface area contributed by atoms with Gasteiger partial charge in [-0.05, 0) is 48.0 Å². The van der Waals surface area contributed by atoms with Crippen molar-refractivity contribution in [3.05, 3.63) is 89.6 Å². The maximum atomic E-state index is 12.8. The number of carbonyl (C=O) groups is 1. The number of aromatic nitrogens is 1. The molecule has 0 radical (unpaired) electrons. The Kier molecular flexibility index (Phi) is 5.40. The summed E-state index contributed by atoms with van der Waals surface area (Å²) in [6.07, 6.45) is -2.76. The Balaban J connectivity index is 1.66. The zero-order chi connectivity index (χ0) is 19.3. The topological polar surface area (TPSA) is 54.0 Å². The monoisotopic (exact) mass is 371 g/mol. The Labute approximate surface area is 154 Å². The van der Waals surface area contributed by atoms with Gasteiger partial charge >= 0.3 is 6.18 Å². The molecule has 2 aromatic carbocycles. The van der Waals surface area contributed by atoms with Crippen LogP contribution in [0, 0.1) is 0 Å². The third kappa shape index (κ3) is 5.07. The van der Waals surface area contributed by atoms with Crippen molar-refractivity contribution in [2.24, 2.45) is 0 Å². The van der Waals surface area contributed by atoms with Crippen LogP contribution in [-0.2, 0) is 12.7 Å². The fraction of sp³-hybridized carbons (Fsp3) is 0.100. The molecule has 0 aliphatic rings. The summed E-state index contributed by atoms with van der Waals surface area (Å²) in [5.41, 5.74) is 0.708. The third-order valence-electron chi connectivity index (χ3n) is 3.77. The number of hydrogen-bond donors (Lipinski definition) is 2. The van der Waals surface area contributed by atoms with Crippen LogP contribution in [0.2, 0.25) is 0 Å². The summed E-state index contributed by atoms with van der Waals surface area (Å²) >= 11 is 0. The number of anilines is 2. The van der Waals surface area contributed by atoms with Gasteiger partial charge in [-0.1, -0.05) is 24.3 Å². The Morgan fingerprint density at radius 2 is 1.78 bits per heavy atom. The van der Waals surface area contributed by atoms with E-state index in [0.29, 0.717) is 22.6 Å². The first-order valence-electron chi connectivity index (χ1n) is 8.14. The highest BCUT2D eigenvalue weighted by Crippen LogP contribution is 2.29. The van der Waals surface area contributed by atoms with Crippen molar-refractivity contribution < 1.29 is 18.0 Å². The van der Waals surface area contributed by atoms with Crippen molar-refractivity contribution in [1.29, 1.82) is 0 Å². The number of nitrogens with zero attached hydrogens (tertiary/aromatic N) is 1. The second-order valence-electron chi connectivity index (χ2n) is 5.80. The van der Waals surface area contributed by atoms with Crippen LogP contribution in [0.4, 0.5) is 24.7 Å². The zero-order valence-corrected chi connectivity index (χ0v) is 14.1. The molecule has 0 spiro atoms. The molecule has 3 rings (SSSR count). The highest BCUT2D eigenvalue weighted by Gasteiger charge is 2.30. The summed E-state index contributed by atoms with van der Waals surface area (Å²) in [6.45, 7) is 0.000645. The number of halogens is 3. The fourth-order valence-corrected chi connectivity index (χ4v) is 2.46. The first kappa shape index (κ1) is 18.4. The van der Waals surface area contributed by atoms with Gasteiger partial charge in [0.15, 0.2) is 0 Å². The minimum absolute atomic E-state index is 0.000645. The number of benzene rings is 2. The molecule has 0 saturated carbocycles. The smallest absolute Gasteiger partial charge is 0.348 e. The van der Waals surface area contributed by atoms with Crippen molar-refractivity contribution in [3.8, 4) is 0 Å². The molecule has 138 valence electrons. The van der Waals surface area contributed by atoms with Gasteiger partial charge in [-0.15, -0.1) is 0 Å². The van der Waals surface area contributed by atoms with Crippen molar-refractivity contribution in [2.75, 3.05) is 5.32 Å². The number of rotatable bonds is 5. The second kappa shape index (κ2) is 7.90. The van der Waals surface area contributed by atoms with Crippen LogP contribution in [0.1, 0.15) is 21.5 Å². The standard InChI is InChI=1S/C20H16F3N3O/c21-20(22,23)16-7-3-5-14(11-16)13-25-19(27)15-6-4-8-17(12-15)26-18-9-1-2-10-24-18/h1-12H,13H2,(H,24,26)(H,25,27). The lowest BCUT2D eigenvalue weighted by Crippen LogP contribution is -2.23. The molecular formula is C20H16F3N3O. The Morgan fingerprint density at radius 1 is 0.963 bits per heavy atom. The Morgan fingerprint density at radius 3 is 2.52 bits per heavy atom. The van der Waals surface area contributed by atoms with Crippen molar-refractivity contribution in [1.82, 2.24) is 10.3 Å². The van der Waals surface area contributed by atoms with E-state index in [1.807, 2.05) is 6.07 Å². The molecule has 7 heteroatoms. The summed E-state index contributed by atoms with van der Waals surface area (Å²) in [5, 5.41) is 5.72. The Bertz CT molecular complexity index is 927. The number of pyridine rings is 1. The van der Waals surface area contributed by atoms with E-state index in [-0.39, 0.29) is 12.5 Å². The maximum Gasteiger partial charge on any atom is 0.416 e. The summed E-state index contributed by atoms with van der Waals surface area (Å²) < 4.78 is 38.3. The van der Waals surface area contributed by atoms with Gasteiger partial charge in [0.2, 0.25) is 0 Å². The second-order valence-corrected chi connectivity index (χ2v) is 5.80. The quantitative estimate of drug-likeness (QED) is 0.679. The maximum absolute atomic E-state index is 12.8. The van der Waals surface area contributed by atoms with E-state index in [1.165, 1.54) is 12.1 Å². The van der Waals surface area contributed by atoms with Crippen LogP contribution in [0.3, 0.4) is 0 Å². The molecule has 1 aromatic heterocycles. The van der Waals surface area contributed by atoms with Crippen LogP contribution in [0.5, 0.6) is 0 Å². The fourth-order valence-electron chi connectivity index (χ4n) is 2.46. The minimum atomic E-state index is -4.41. The van der Waals surface area contributed by atoms with Crippen LogP contribution >= 0.6 is 0 Å². The molecule has 3 aromatic rings. The summed E-state index contributed by atoms with van der Waals surface area (Å²) in [4.78, 5) is 16.5. The van der Waals surface area contributed by atoms with Crippen LogP contribution in [-0.4, -0.2) is 10.9 Å². The zero-order valence-electron chi connectivity index (χ0n) is 14.1. The molecule has 0 aliphatic heterocycles. The van der Waals surface area contributed by atoms with E-state index in [2.05, 4.69) is 15.6 Å². The van der Waals surface area contributed by atoms with Gasteiger partial charge in [-0.2, -0.15) is 13.2 Å². The van der Waals surface area contributed by atoms with Crippen LogP contribution < -0.4 is 10.6 Å². The van der Waals surface area contributed by atoms with Crippen molar-refractivity contribution >= 4 is 17.4 Å². The molecular weight excluding hydrogens is 355 g/mol. The lowest BCUT2D eigenvalue weighted by molar-refractivity contribution is -0.137. The van der Waals surface area contributed by atoms with E-state index in [4.69, 9.17) is 0 Å². The van der Waals surface area contributed by atoms with Gasteiger partial charge in [0, 0.05) is 24.0 Å². The molecule has 27 heavy (non-hydrogen) atoms. The van der Waals surface area contributed by atoms with E-state index in [9.17, 15) is 18.0 Å². The minimum Gasteiger partial charge on any atom is -0.348 e. The van der Waals surface area contributed by atoms with Crippen molar-refractivity contribution in [2.45, 2.75) is 12.7 Å². The summed E-state index contributed by atoms with van der Waals surface area (Å²) in [6, 6.07) is 17.1. The number of nitrogens with one attached hydrogen (secondary N) is 2. The van der Waals surface area contributed by atoms with Gasteiger partial charge in [-0.25, -0.2) is 4.98 Å². The first-order valence-corrected chi connectivity index (χ1v) is 8.14. The molecule has 0 bridgehead atoms. The largest absolute Gasteiger partial charge is 0.416 e. The highest BCUT2D eigenvalue weighted by atomic mass is 19.4. The number of alkyl halides is 3. The molecule has 0 fully saturated rings. The van der Waals surface area contributed by atoms with Gasteiger partial charge in [-0.3, -0.25) is 4.79 Å². The van der Waals surface area contributed by atoms with Gasteiger partial charge in [0.05, 0.1) is 5.56 Å². The van der Waals surface area contributed by atoms with E-state index in [1.54, 1.807) is 42.6 Å². The predicted molar refractivity (Wildman–Crippen MR) is 96.6 cm³/mol. The van der Waals surface area contributed by atoms with E-state index < -0.39 is 11.7 Å². The first-order chi connectivity index (χ1) is 12.9. The molecule has 0 atom stereocenters. The number of hydrogen-bond acceptors (Lipinski definition) is 3. The van der Waals surface area contributed by atoms with Crippen molar-refractivity contribution in [3.63, 3.8) is 0 Å². The number of amides is 1. The van der Waals surface area contributed by atoms with E-state index in [0.717, 1.165) is 12.1 Å². The molecule has 0 unspecified atom stereocenters. The third-order valence-corrected chi connectivity index (χ3v) is 3.77. The summed E-state index contributed by atoms with van der Waals surface area (Å²) in [7, 11) is 0. The molecule has 0 aliphatic carbocycles. The van der Waals surface area contributed by atoms with Gasteiger partial charge in [0.25, 0.3) is 5.91 Å².